The molecule has 5 nitrogen and oxygen atoms in total. The van der Waals surface area contributed by atoms with Crippen LogP contribution in [-0.2, 0) is 16.6 Å². The lowest BCUT2D eigenvalue weighted by atomic mass is 10.4. The predicted molar refractivity (Wildman–Crippen MR) is 73.3 cm³/mol. The zero-order valence-electron chi connectivity index (χ0n) is 11.6. The van der Waals surface area contributed by atoms with E-state index in [1.165, 1.54) is 4.31 Å². The van der Waals surface area contributed by atoms with Crippen molar-refractivity contribution in [1.29, 1.82) is 0 Å². The quantitative estimate of drug-likeness (QED) is 0.742. The fourth-order valence-electron chi connectivity index (χ4n) is 2.08. The van der Waals surface area contributed by atoms with E-state index in [1.807, 2.05) is 6.92 Å². The van der Waals surface area contributed by atoms with Gasteiger partial charge in [-0.25, -0.2) is 8.42 Å². The first-order chi connectivity index (χ1) is 9.09. The Morgan fingerprint density at radius 1 is 1.37 bits per heavy atom. The lowest BCUT2D eigenvalue weighted by Crippen LogP contribution is -2.32. The van der Waals surface area contributed by atoms with Gasteiger partial charge >= 0.3 is 0 Å². The lowest BCUT2D eigenvalue weighted by molar-refractivity contribution is 0.365. The minimum atomic E-state index is -3.46. The van der Waals surface area contributed by atoms with Crippen LogP contribution in [0.2, 0.25) is 0 Å². The molecule has 0 aliphatic heterocycles. The number of hydrogen-bond donors (Lipinski definition) is 1. The molecule has 0 spiro atoms. The SMILES string of the molecule is CCCNCc1ccc(S(=O)(=O)N(CC)C2CC2)o1. The molecular weight excluding hydrogens is 264 g/mol. The summed E-state index contributed by atoms with van der Waals surface area (Å²) >= 11 is 0. The Hall–Kier alpha value is -0.850. The molecule has 1 saturated carbocycles. The highest BCUT2D eigenvalue weighted by atomic mass is 32.2. The van der Waals surface area contributed by atoms with E-state index in [0.29, 0.717) is 18.8 Å². The molecule has 0 amide bonds. The van der Waals surface area contributed by atoms with Crippen LogP contribution in [0.15, 0.2) is 21.6 Å². The highest BCUT2D eigenvalue weighted by Crippen LogP contribution is 2.32. The summed E-state index contributed by atoms with van der Waals surface area (Å²) in [4.78, 5) is 0. The number of hydrogen-bond acceptors (Lipinski definition) is 4. The van der Waals surface area contributed by atoms with E-state index in [9.17, 15) is 8.42 Å². The molecule has 6 heteroatoms. The summed E-state index contributed by atoms with van der Waals surface area (Å²) in [5, 5.41) is 3.26. The molecule has 2 rings (SSSR count). The van der Waals surface area contributed by atoms with Gasteiger partial charge in [0.05, 0.1) is 6.54 Å². The standard InChI is InChI=1S/C13H22N2O3S/c1-3-9-14-10-12-7-8-13(18-12)19(16,17)15(4-2)11-5-6-11/h7-8,11,14H,3-6,9-10H2,1-2H3. The van der Waals surface area contributed by atoms with Crippen molar-refractivity contribution >= 4 is 10.0 Å². The maximum Gasteiger partial charge on any atom is 0.276 e. The number of sulfonamides is 1. The fraction of sp³-hybridized carbons (Fsp3) is 0.692. The molecule has 1 aromatic rings. The van der Waals surface area contributed by atoms with Crippen molar-refractivity contribution in [3.05, 3.63) is 17.9 Å². The largest absolute Gasteiger partial charge is 0.447 e. The topological polar surface area (TPSA) is 62.6 Å². The van der Waals surface area contributed by atoms with Crippen molar-refractivity contribution in [2.45, 2.75) is 50.8 Å². The summed E-state index contributed by atoms with van der Waals surface area (Å²) in [7, 11) is -3.46. The monoisotopic (exact) mass is 286 g/mol. The predicted octanol–water partition coefficient (Wildman–Crippen LogP) is 1.95. The smallest absolute Gasteiger partial charge is 0.276 e. The van der Waals surface area contributed by atoms with Crippen molar-refractivity contribution in [2.24, 2.45) is 0 Å². The van der Waals surface area contributed by atoms with Crippen LogP contribution in [0.3, 0.4) is 0 Å². The molecule has 0 aromatic carbocycles. The number of rotatable bonds is 8. The Balaban J connectivity index is 2.07. The van der Waals surface area contributed by atoms with Crippen LogP contribution in [0.4, 0.5) is 0 Å². The van der Waals surface area contributed by atoms with E-state index in [4.69, 9.17) is 4.42 Å². The van der Waals surface area contributed by atoms with E-state index in [0.717, 1.165) is 25.8 Å². The van der Waals surface area contributed by atoms with Crippen molar-refractivity contribution in [2.75, 3.05) is 13.1 Å². The Bertz CT molecular complexity index is 506. The molecule has 1 aliphatic carbocycles. The van der Waals surface area contributed by atoms with E-state index >= 15 is 0 Å². The molecule has 0 radical (unpaired) electrons. The van der Waals surface area contributed by atoms with E-state index < -0.39 is 10.0 Å². The van der Waals surface area contributed by atoms with Crippen LogP contribution in [-0.4, -0.2) is 31.9 Å². The van der Waals surface area contributed by atoms with Crippen LogP contribution in [0, 0.1) is 0 Å². The Morgan fingerprint density at radius 2 is 2.11 bits per heavy atom. The minimum absolute atomic E-state index is 0.0644. The zero-order valence-corrected chi connectivity index (χ0v) is 12.4. The Morgan fingerprint density at radius 3 is 2.68 bits per heavy atom. The molecule has 1 aromatic heterocycles. The third-order valence-electron chi connectivity index (χ3n) is 3.19. The molecule has 0 bridgehead atoms. The van der Waals surface area contributed by atoms with Gasteiger partial charge in [-0.05, 0) is 37.9 Å². The van der Waals surface area contributed by atoms with E-state index in [2.05, 4.69) is 12.2 Å². The van der Waals surface area contributed by atoms with Crippen molar-refractivity contribution in [3.8, 4) is 0 Å². The molecule has 1 N–H and O–H groups in total. The second-order valence-corrected chi connectivity index (χ2v) is 6.66. The summed E-state index contributed by atoms with van der Waals surface area (Å²) in [5.74, 6) is 0.666. The summed E-state index contributed by atoms with van der Waals surface area (Å²) < 4.78 is 31.8. The molecular formula is C13H22N2O3S. The molecule has 19 heavy (non-hydrogen) atoms. The third kappa shape index (κ3) is 3.38. The number of furan rings is 1. The Kier molecular flexibility index (Phi) is 4.65. The van der Waals surface area contributed by atoms with Gasteiger partial charge in [-0.3, -0.25) is 0 Å². The van der Waals surface area contributed by atoms with Gasteiger partial charge < -0.3 is 9.73 Å². The lowest BCUT2D eigenvalue weighted by Gasteiger charge is -2.17. The molecule has 108 valence electrons. The van der Waals surface area contributed by atoms with Gasteiger partial charge in [0, 0.05) is 12.6 Å². The first-order valence-corrected chi connectivity index (χ1v) is 8.34. The van der Waals surface area contributed by atoms with Gasteiger partial charge in [0.25, 0.3) is 10.0 Å². The van der Waals surface area contributed by atoms with Crippen LogP contribution >= 0.6 is 0 Å². The van der Waals surface area contributed by atoms with Gasteiger partial charge in [0.2, 0.25) is 5.09 Å². The average molecular weight is 286 g/mol. The zero-order chi connectivity index (χ0) is 13.9. The third-order valence-corrected chi connectivity index (χ3v) is 5.09. The van der Waals surface area contributed by atoms with Gasteiger partial charge in [0.15, 0.2) is 0 Å². The minimum Gasteiger partial charge on any atom is -0.447 e. The summed E-state index contributed by atoms with van der Waals surface area (Å²) in [6.07, 6.45) is 2.95. The van der Waals surface area contributed by atoms with E-state index in [-0.39, 0.29) is 11.1 Å². The maximum atomic E-state index is 12.4. The van der Waals surface area contributed by atoms with Gasteiger partial charge in [-0.2, -0.15) is 4.31 Å². The molecule has 0 saturated heterocycles. The Labute approximate surface area is 115 Å². The van der Waals surface area contributed by atoms with Crippen LogP contribution in [0.5, 0.6) is 0 Å². The molecule has 1 heterocycles. The highest BCUT2D eigenvalue weighted by molar-refractivity contribution is 7.89. The van der Waals surface area contributed by atoms with Gasteiger partial charge in [-0.15, -0.1) is 0 Å². The first kappa shape index (κ1) is 14.6. The first-order valence-electron chi connectivity index (χ1n) is 6.90. The summed E-state index contributed by atoms with van der Waals surface area (Å²) in [5.41, 5.74) is 0. The van der Waals surface area contributed by atoms with Crippen molar-refractivity contribution in [3.63, 3.8) is 0 Å². The highest BCUT2D eigenvalue weighted by Gasteiger charge is 2.38. The second-order valence-electron chi connectivity index (χ2n) is 4.84. The van der Waals surface area contributed by atoms with Gasteiger partial charge in [-0.1, -0.05) is 13.8 Å². The molecule has 1 fully saturated rings. The summed E-state index contributed by atoms with van der Waals surface area (Å²) in [6, 6.07) is 3.46. The molecule has 0 atom stereocenters. The number of nitrogens with one attached hydrogen (secondary N) is 1. The van der Waals surface area contributed by atoms with Crippen molar-refractivity contribution < 1.29 is 12.8 Å². The normalized spacial score (nSPS) is 16.2. The average Bonchev–Trinajstić information content (AvgIpc) is 3.07. The second kappa shape index (κ2) is 6.07. The molecule has 0 unspecified atom stereocenters. The maximum absolute atomic E-state index is 12.4. The summed E-state index contributed by atoms with van der Waals surface area (Å²) in [6.45, 7) is 5.91. The number of nitrogens with zero attached hydrogens (tertiary/aromatic N) is 1. The van der Waals surface area contributed by atoms with Crippen LogP contribution in [0.1, 0.15) is 38.9 Å². The molecule has 1 aliphatic rings. The van der Waals surface area contributed by atoms with Crippen LogP contribution in [0.25, 0.3) is 0 Å². The van der Waals surface area contributed by atoms with E-state index in [1.54, 1.807) is 12.1 Å². The van der Waals surface area contributed by atoms with Crippen LogP contribution < -0.4 is 5.32 Å². The van der Waals surface area contributed by atoms with Crippen molar-refractivity contribution in [1.82, 2.24) is 9.62 Å². The fourth-order valence-corrected chi connectivity index (χ4v) is 3.71. The van der Waals surface area contributed by atoms with Gasteiger partial charge in [0.1, 0.15) is 5.76 Å².